The molecule has 3 rings (SSSR count). The number of fused-ring (bicyclic) bond motifs is 1. The standard InChI is InChI=1S/C22H38N2O2/c1-14-8-9-16(18-15(14)10-12-21(4,25)19(18)23-6)22(5)13-11-17(26-22)20(2,3)24-7/h15-19,25H,1,8-13H2,2-7H3/q-2/t15-,16+,17+,18+,19-,21-,22-/m1/s1. The van der Waals surface area contributed by atoms with Crippen LogP contribution in [0.4, 0.5) is 0 Å². The van der Waals surface area contributed by atoms with Gasteiger partial charge < -0.3 is 20.5 Å². The maximum absolute atomic E-state index is 11.0. The molecule has 0 bridgehead atoms. The van der Waals surface area contributed by atoms with Gasteiger partial charge in [0.25, 0.3) is 0 Å². The third-order valence-corrected chi connectivity index (χ3v) is 7.93. The molecular weight excluding hydrogens is 324 g/mol. The van der Waals surface area contributed by atoms with Crippen LogP contribution in [0.5, 0.6) is 0 Å². The van der Waals surface area contributed by atoms with Gasteiger partial charge in [-0.25, -0.2) is 0 Å². The van der Waals surface area contributed by atoms with E-state index in [-0.39, 0.29) is 23.3 Å². The van der Waals surface area contributed by atoms with Crippen LogP contribution >= 0.6 is 0 Å². The Kier molecular flexibility index (Phi) is 5.37. The normalized spacial score (nSPS) is 47.0. The monoisotopic (exact) mass is 362 g/mol. The van der Waals surface area contributed by atoms with Crippen molar-refractivity contribution < 1.29 is 9.84 Å². The van der Waals surface area contributed by atoms with E-state index in [0.717, 1.165) is 38.5 Å². The van der Waals surface area contributed by atoms with Crippen LogP contribution in [0.15, 0.2) is 12.2 Å². The van der Waals surface area contributed by atoms with Crippen LogP contribution in [-0.2, 0) is 4.74 Å². The second kappa shape index (κ2) is 6.88. The van der Waals surface area contributed by atoms with Gasteiger partial charge in [0.05, 0.1) is 5.60 Å². The summed E-state index contributed by atoms with van der Waals surface area (Å²) in [7, 11) is 3.76. The number of likely N-dealkylation sites (N-methyl/N-ethyl adjacent to an activating group) is 2. The minimum Gasteiger partial charge on any atom is -0.660 e. The predicted octanol–water partition coefficient (Wildman–Crippen LogP) is 4.82. The number of hydrogen-bond donors (Lipinski definition) is 1. The van der Waals surface area contributed by atoms with E-state index in [1.54, 1.807) is 0 Å². The van der Waals surface area contributed by atoms with Gasteiger partial charge in [0, 0.05) is 11.7 Å². The van der Waals surface area contributed by atoms with E-state index in [9.17, 15) is 5.11 Å². The average Bonchev–Trinajstić information content (AvgIpc) is 2.98. The SMILES string of the molecule is C=C1CC[C@H]([C@@]2(C)CC[C@@H](C(C)(C)[N-]C)O2)[C@@H]2[C@@H]1CC[C@@](C)(O)[C@@H]2[N-]C. The van der Waals surface area contributed by atoms with Crippen molar-refractivity contribution in [1.82, 2.24) is 0 Å². The van der Waals surface area contributed by atoms with E-state index in [0.29, 0.717) is 17.8 Å². The van der Waals surface area contributed by atoms with Crippen molar-refractivity contribution >= 4 is 0 Å². The molecule has 4 nitrogen and oxygen atoms in total. The maximum atomic E-state index is 11.0. The summed E-state index contributed by atoms with van der Waals surface area (Å²) in [5.41, 5.74) is 0.324. The van der Waals surface area contributed by atoms with Crippen molar-refractivity contribution in [3.05, 3.63) is 22.8 Å². The molecule has 0 unspecified atom stereocenters. The third-order valence-electron chi connectivity index (χ3n) is 7.93. The molecule has 2 saturated carbocycles. The van der Waals surface area contributed by atoms with Gasteiger partial charge in [0.2, 0.25) is 0 Å². The quantitative estimate of drug-likeness (QED) is 0.729. The van der Waals surface area contributed by atoms with Crippen LogP contribution < -0.4 is 0 Å². The molecule has 7 atom stereocenters. The lowest BCUT2D eigenvalue weighted by atomic mass is 9.55. The molecule has 26 heavy (non-hydrogen) atoms. The fourth-order valence-corrected chi connectivity index (χ4v) is 6.06. The zero-order valence-electron chi connectivity index (χ0n) is 17.6. The van der Waals surface area contributed by atoms with Crippen molar-refractivity contribution in [1.29, 1.82) is 0 Å². The third kappa shape index (κ3) is 3.28. The van der Waals surface area contributed by atoms with Crippen LogP contribution in [0, 0.1) is 17.8 Å². The first-order chi connectivity index (χ1) is 12.1. The Balaban J connectivity index is 1.90. The molecule has 1 N–H and O–H groups in total. The van der Waals surface area contributed by atoms with E-state index < -0.39 is 5.60 Å². The first-order valence-corrected chi connectivity index (χ1v) is 10.3. The molecule has 4 heteroatoms. The maximum Gasteiger partial charge on any atom is 0.0689 e. The molecule has 0 aromatic rings. The molecule has 0 radical (unpaired) electrons. The summed E-state index contributed by atoms with van der Waals surface area (Å²) in [5, 5.41) is 20.3. The number of rotatable bonds is 4. The van der Waals surface area contributed by atoms with Gasteiger partial charge in [-0.15, -0.1) is 11.6 Å². The molecule has 1 aliphatic heterocycles. The Morgan fingerprint density at radius 3 is 2.46 bits per heavy atom. The fourth-order valence-electron chi connectivity index (χ4n) is 6.06. The summed E-state index contributed by atoms with van der Waals surface area (Å²) in [6, 6.07) is -0.0355. The van der Waals surface area contributed by atoms with Gasteiger partial charge >= 0.3 is 0 Å². The Morgan fingerprint density at radius 1 is 1.15 bits per heavy atom. The average molecular weight is 363 g/mol. The smallest absolute Gasteiger partial charge is 0.0689 e. The van der Waals surface area contributed by atoms with Crippen LogP contribution in [-0.4, -0.2) is 48.1 Å². The number of allylic oxidation sites excluding steroid dienone is 1. The summed E-state index contributed by atoms with van der Waals surface area (Å²) >= 11 is 0. The minimum absolute atomic E-state index is 0.0355. The highest BCUT2D eigenvalue weighted by Crippen LogP contribution is 2.56. The lowest BCUT2D eigenvalue weighted by molar-refractivity contribution is -0.132. The summed E-state index contributed by atoms with van der Waals surface area (Å²) < 4.78 is 6.74. The zero-order chi connectivity index (χ0) is 19.3. The minimum atomic E-state index is -0.724. The second-order valence-corrected chi connectivity index (χ2v) is 9.92. The molecule has 3 aliphatic rings. The Labute approximate surface area is 160 Å². The Hall–Kier alpha value is -0.420. The van der Waals surface area contributed by atoms with Crippen molar-refractivity contribution in [3.8, 4) is 0 Å². The van der Waals surface area contributed by atoms with Gasteiger partial charge in [-0.2, -0.15) is 14.1 Å². The van der Waals surface area contributed by atoms with Gasteiger partial charge in [0.1, 0.15) is 0 Å². The predicted molar refractivity (Wildman–Crippen MR) is 108 cm³/mol. The lowest BCUT2D eigenvalue weighted by Crippen LogP contribution is -2.58. The number of nitrogens with zero attached hydrogens (tertiary/aromatic N) is 2. The summed E-state index contributed by atoms with van der Waals surface area (Å²) in [5.74, 6) is 1.21. The Morgan fingerprint density at radius 2 is 1.85 bits per heavy atom. The van der Waals surface area contributed by atoms with E-state index in [1.165, 1.54) is 5.57 Å². The van der Waals surface area contributed by atoms with Crippen LogP contribution in [0.2, 0.25) is 0 Å². The molecular formula is C22H38N2O2-2. The molecule has 0 aromatic carbocycles. The second-order valence-electron chi connectivity index (χ2n) is 9.92. The van der Waals surface area contributed by atoms with Crippen LogP contribution in [0.1, 0.15) is 66.2 Å². The van der Waals surface area contributed by atoms with E-state index >= 15 is 0 Å². The molecule has 3 fully saturated rings. The summed E-state index contributed by atoms with van der Waals surface area (Å²) in [6.07, 6.45) is 6.29. The highest BCUT2D eigenvalue weighted by molar-refractivity contribution is 5.22. The molecule has 1 heterocycles. The zero-order valence-corrected chi connectivity index (χ0v) is 17.6. The van der Waals surface area contributed by atoms with Crippen molar-refractivity contribution in [2.24, 2.45) is 17.8 Å². The molecule has 0 spiro atoms. The van der Waals surface area contributed by atoms with Gasteiger partial charge in [0.15, 0.2) is 0 Å². The number of ether oxygens (including phenoxy) is 1. The Bertz CT molecular complexity index is 544. The first kappa shape index (κ1) is 20.3. The first-order valence-electron chi connectivity index (χ1n) is 10.3. The molecule has 2 aliphatic carbocycles. The lowest BCUT2D eigenvalue weighted by Gasteiger charge is -2.60. The summed E-state index contributed by atoms with van der Waals surface area (Å²) in [4.78, 5) is 0. The molecule has 0 aromatic heterocycles. The van der Waals surface area contributed by atoms with Crippen LogP contribution in [0.3, 0.4) is 0 Å². The van der Waals surface area contributed by atoms with E-state index in [2.05, 4.69) is 32.7 Å². The van der Waals surface area contributed by atoms with Gasteiger partial charge in [-0.1, -0.05) is 26.0 Å². The topological polar surface area (TPSA) is 57.7 Å². The molecule has 150 valence electrons. The largest absolute Gasteiger partial charge is 0.660 e. The van der Waals surface area contributed by atoms with Crippen molar-refractivity contribution in [2.75, 3.05) is 14.1 Å². The molecule has 0 amide bonds. The van der Waals surface area contributed by atoms with E-state index in [4.69, 9.17) is 10.1 Å². The molecule has 1 saturated heterocycles. The van der Waals surface area contributed by atoms with Gasteiger partial charge in [-0.05, 0) is 70.1 Å². The number of aliphatic hydroxyl groups is 1. The fraction of sp³-hybridized carbons (Fsp3) is 0.909. The van der Waals surface area contributed by atoms with Crippen LogP contribution in [0.25, 0.3) is 10.6 Å². The van der Waals surface area contributed by atoms with Crippen molar-refractivity contribution in [3.63, 3.8) is 0 Å². The van der Waals surface area contributed by atoms with E-state index in [1.807, 2.05) is 21.0 Å². The summed E-state index contributed by atoms with van der Waals surface area (Å²) in [6.45, 7) is 13.0. The highest BCUT2D eigenvalue weighted by atomic mass is 16.5. The number of hydrogen-bond acceptors (Lipinski definition) is 2. The van der Waals surface area contributed by atoms with Crippen molar-refractivity contribution in [2.45, 2.75) is 95.1 Å². The van der Waals surface area contributed by atoms with Gasteiger partial charge in [-0.3, -0.25) is 0 Å². The highest BCUT2D eigenvalue weighted by Gasteiger charge is 2.54.